The minimum atomic E-state index is -1.49. The van der Waals surface area contributed by atoms with Crippen LogP contribution >= 0.6 is 22.9 Å². The average Bonchev–Trinajstić information content (AvgIpc) is 3.46. The van der Waals surface area contributed by atoms with Crippen LogP contribution in [0.4, 0.5) is 0 Å². The van der Waals surface area contributed by atoms with Gasteiger partial charge in [-0.25, -0.2) is 4.98 Å². The number of aromatic nitrogens is 3. The zero-order valence-electron chi connectivity index (χ0n) is 17.5. The first-order chi connectivity index (χ1) is 15.9. The lowest BCUT2D eigenvalue weighted by atomic mass is 9.87. The van der Waals surface area contributed by atoms with Crippen LogP contribution in [0.5, 0.6) is 0 Å². The Labute approximate surface area is 199 Å². The molecule has 2 aromatic carbocycles. The molecule has 0 fully saturated rings. The Hall–Kier alpha value is -3.63. The Morgan fingerprint density at radius 3 is 2.73 bits per heavy atom. The molecule has 5 aromatic rings. The van der Waals surface area contributed by atoms with E-state index in [0.717, 1.165) is 22.1 Å². The van der Waals surface area contributed by atoms with Crippen LogP contribution in [-0.4, -0.2) is 19.6 Å². The SMILES string of the molecule is C#Cc1cccc(-c2cc(=O)[nH]c3ccc(C(O)(c4ccc(Cl)s4)c4cncn4C)cc23)c1. The first kappa shape index (κ1) is 21.2. The lowest BCUT2D eigenvalue weighted by Crippen LogP contribution is -2.30. The van der Waals surface area contributed by atoms with Gasteiger partial charge in [0.15, 0.2) is 5.60 Å². The van der Waals surface area contributed by atoms with E-state index in [9.17, 15) is 9.90 Å². The second-order valence-corrected chi connectivity index (χ2v) is 9.45. The van der Waals surface area contributed by atoms with Crippen molar-refractivity contribution in [3.8, 4) is 23.5 Å². The van der Waals surface area contributed by atoms with E-state index in [4.69, 9.17) is 18.0 Å². The van der Waals surface area contributed by atoms with Gasteiger partial charge in [0.25, 0.3) is 0 Å². The summed E-state index contributed by atoms with van der Waals surface area (Å²) in [4.78, 5) is 20.2. The third-order valence-electron chi connectivity index (χ3n) is 5.72. The second-order valence-electron chi connectivity index (χ2n) is 7.74. The predicted octanol–water partition coefficient (Wildman–Crippen LogP) is 4.91. The number of H-pyrrole nitrogens is 1. The maximum Gasteiger partial charge on any atom is 0.249 e. The number of hydrogen-bond donors (Lipinski definition) is 2. The molecule has 0 spiro atoms. The van der Waals surface area contributed by atoms with E-state index < -0.39 is 5.60 Å². The fraction of sp³-hybridized carbons (Fsp3) is 0.0769. The molecule has 33 heavy (non-hydrogen) atoms. The monoisotopic (exact) mass is 471 g/mol. The number of imidazole rings is 1. The molecular formula is C26H18ClN3O2S. The van der Waals surface area contributed by atoms with E-state index in [2.05, 4.69) is 15.9 Å². The standard InChI is InChI=1S/C26H18ClN3O2S/c1-3-16-5-4-6-17(11-16)19-13-25(31)29-21-8-7-18(12-20(19)21)26(32,22-14-28-15-30(22)2)23-9-10-24(27)33-23/h1,4-15,32H,2H3,(H,29,31). The number of aryl methyl sites for hydroxylation is 1. The number of thiophene rings is 1. The molecule has 162 valence electrons. The van der Waals surface area contributed by atoms with Crippen LogP contribution in [0.25, 0.3) is 22.0 Å². The molecule has 0 aliphatic heterocycles. The molecule has 0 aliphatic carbocycles. The molecule has 1 unspecified atom stereocenters. The van der Waals surface area contributed by atoms with Crippen molar-refractivity contribution >= 4 is 33.8 Å². The highest BCUT2D eigenvalue weighted by Crippen LogP contribution is 2.42. The summed E-state index contributed by atoms with van der Waals surface area (Å²) in [6.45, 7) is 0. The normalized spacial score (nSPS) is 13.0. The summed E-state index contributed by atoms with van der Waals surface area (Å²) in [5.41, 5.74) is 2.43. The van der Waals surface area contributed by atoms with Crippen LogP contribution in [0, 0.1) is 12.3 Å². The molecule has 0 bridgehead atoms. The number of hydrogen-bond acceptors (Lipinski definition) is 4. The van der Waals surface area contributed by atoms with Crippen LogP contribution in [0.3, 0.4) is 0 Å². The summed E-state index contributed by atoms with van der Waals surface area (Å²) in [6.07, 6.45) is 8.87. The lowest BCUT2D eigenvalue weighted by molar-refractivity contribution is 0.121. The number of fused-ring (bicyclic) bond motifs is 1. The number of terminal acetylenes is 1. The smallest absolute Gasteiger partial charge is 0.249 e. The summed E-state index contributed by atoms with van der Waals surface area (Å²) < 4.78 is 2.35. The van der Waals surface area contributed by atoms with E-state index in [-0.39, 0.29) is 5.56 Å². The Bertz CT molecular complexity index is 1610. The zero-order valence-corrected chi connectivity index (χ0v) is 19.1. The van der Waals surface area contributed by atoms with Crippen molar-refractivity contribution < 1.29 is 5.11 Å². The predicted molar refractivity (Wildman–Crippen MR) is 133 cm³/mol. The van der Waals surface area contributed by atoms with Gasteiger partial charge in [0, 0.05) is 34.5 Å². The lowest BCUT2D eigenvalue weighted by Gasteiger charge is -2.28. The van der Waals surface area contributed by atoms with Crippen molar-refractivity contribution in [2.75, 3.05) is 0 Å². The molecule has 5 rings (SSSR count). The molecule has 0 saturated carbocycles. The molecule has 1 atom stereocenters. The van der Waals surface area contributed by atoms with E-state index in [1.165, 1.54) is 11.3 Å². The van der Waals surface area contributed by atoms with Crippen LogP contribution < -0.4 is 5.56 Å². The molecule has 0 aliphatic rings. The number of benzene rings is 2. The van der Waals surface area contributed by atoms with Gasteiger partial charge in [-0.2, -0.15) is 0 Å². The van der Waals surface area contributed by atoms with Crippen LogP contribution in [0.1, 0.15) is 21.7 Å². The number of nitrogens with one attached hydrogen (secondary N) is 1. The summed E-state index contributed by atoms with van der Waals surface area (Å²) in [7, 11) is 1.83. The Morgan fingerprint density at radius 1 is 1.18 bits per heavy atom. The Kier molecular flexibility index (Phi) is 5.18. The largest absolute Gasteiger partial charge is 0.374 e. The number of rotatable bonds is 4. The highest BCUT2D eigenvalue weighted by Gasteiger charge is 2.38. The summed E-state index contributed by atoms with van der Waals surface area (Å²) in [6, 6.07) is 18.1. The minimum absolute atomic E-state index is 0.219. The van der Waals surface area contributed by atoms with Gasteiger partial charge in [0.2, 0.25) is 5.56 Å². The first-order valence-corrected chi connectivity index (χ1v) is 11.3. The van der Waals surface area contributed by atoms with Crippen molar-refractivity contribution in [3.63, 3.8) is 0 Å². The molecule has 5 nitrogen and oxygen atoms in total. The molecule has 0 radical (unpaired) electrons. The van der Waals surface area contributed by atoms with Crippen LogP contribution in [0.15, 0.2) is 78.0 Å². The van der Waals surface area contributed by atoms with Crippen LogP contribution in [0.2, 0.25) is 4.34 Å². The van der Waals surface area contributed by atoms with Crippen molar-refractivity contribution in [2.45, 2.75) is 5.60 Å². The van der Waals surface area contributed by atoms with Gasteiger partial charge in [-0.1, -0.05) is 35.7 Å². The van der Waals surface area contributed by atoms with E-state index in [1.807, 2.05) is 43.4 Å². The maximum absolute atomic E-state index is 12.4. The van der Waals surface area contributed by atoms with E-state index in [1.54, 1.807) is 41.4 Å². The fourth-order valence-electron chi connectivity index (χ4n) is 4.13. The Balaban J connectivity index is 1.81. The molecule has 0 saturated heterocycles. The van der Waals surface area contributed by atoms with Crippen molar-refractivity contribution in [2.24, 2.45) is 7.05 Å². The molecule has 3 heterocycles. The van der Waals surface area contributed by atoms with Gasteiger partial charge in [0.1, 0.15) is 0 Å². The van der Waals surface area contributed by atoms with Crippen LogP contribution in [-0.2, 0) is 12.6 Å². The minimum Gasteiger partial charge on any atom is -0.374 e. The molecule has 3 aromatic heterocycles. The number of pyridine rings is 1. The number of halogens is 1. The van der Waals surface area contributed by atoms with E-state index >= 15 is 0 Å². The topological polar surface area (TPSA) is 70.9 Å². The van der Waals surface area contributed by atoms with Crippen molar-refractivity contribution in [1.29, 1.82) is 0 Å². The Morgan fingerprint density at radius 2 is 2.03 bits per heavy atom. The number of aromatic amines is 1. The summed E-state index contributed by atoms with van der Waals surface area (Å²) in [5.74, 6) is 2.64. The quantitative estimate of drug-likeness (QED) is 0.366. The third-order valence-corrected chi connectivity index (χ3v) is 7.06. The van der Waals surface area contributed by atoms with Gasteiger partial charge in [-0.15, -0.1) is 17.8 Å². The summed E-state index contributed by atoms with van der Waals surface area (Å²) in [5, 5.41) is 12.9. The third kappa shape index (κ3) is 3.57. The molecule has 0 amide bonds. The summed E-state index contributed by atoms with van der Waals surface area (Å²) >= 11 is 7.53. The van der Waals surface area contributed by atoms with Gasteiger partial charge in [0.05, 0.1) is 22.6 Å². The van der Waals surface area contributed by atoms with Gasteiger partial charge in [-0.3, -0.25) is 4.79 Å². The zero-order chi connectivity index (χ0) is 23.2. The van der Waals surface area contributed by atoms with Gasteiger partial charge >= 0.3 is 0 Å². The molecular weight excluding hydrogens is 454 g/mol. The van der Waals surface area contributed by atoms with Crippen molar-refractivity contribution in [1.82, 2.24) is 14.5 Å². The van der Waals surface area contributed by atoms with E-state index in [0.29, 0.717) is 26.0 Å². The number of aliphatic hydroxyl groups is 1. The molecule has 7 heteroatoms. The fourth-order valence-corrected chi connectivity index (χ4v) is 5.29. The highest BCUT2D eigenvalue weighted by molar-refractivity contribution is 7.16. The maximum atomic E-state index is 12.4. The highest BCUT2D eigenvalue weighted by atomic mass is 35.5. The average molecular weight is 472 g/mol. The van der Waals surface area contributed by atoms with Crippen molar-refractivity contribution in [3.05, 3.63) is 110 Å². The number of nitrogens with zero attached hydrogens (tertiary/aromatic N) is 2. The van der Waals surface area contributed by atoms with Gasteiger partial charge in [-0.05, 0) is 53.1 Å². The van der Waals surface area contributed by atoms with Gasteiger partial charge < -0.3 is 14.7 Å². The molecule has 2 N–H and O–H groups in total. The second kappa shape index (κ2) is 8.05. The first-order valence-electron chi connectivity index (χ1n) is 10.1.